The summed E-state index contributed by atoms with van der Waals surface area (Å²) in [5.74, 6) is 0. The third-order valence-electron chi connectivity index (χ3n) is 3.52. The van der Waals surface area contributed by atoms with Crippen LogP contribution in [0.4, 0.5) is 0 Å². The Morgan fingerprint density at radius 1 is 1.16 bits per heavy atom. The Morgan fingerprint density at radius 2 is 1.89 bits per heavy atom. The van der Waals surface area contributed by atoms with Crippen molar-refractivity contribution in [2.75, 3.05) is 7.05 Å². The lowest BCUT2D eigenvalue weighted by atomic mass is 9.93. The maximum Gasteiger partial charge on any atom is 0.0577 e. The first-order valence-corrected chi connectivity index (χ1v) is 7.68. The van der Waals surface area contributed by atoms with Crippen molar-refractivity contribution in [2.45, 2.75) is 19.9 Å². The molecule has 100 valence electrons. The van der Waals surface area contributed by atoms with Crippen LogP contribution in [-0.4, -0.2) is 7.05 Å². The molecule has 1 N–H and O–H groups in total. The van der Waals surface area contributed by atoms with Gasteiger partial charge in [-0.3, -0.25) is 0 Å². The highest BCUT2D eigenvalue weighted by molar-refractivity contribution is 14.1. The molecule has 1 nitrogen and oxygen atoms in total. The highest BCUT2D eigenvalue weighted by atomic mass is 127. The average Bonchev–Trinajstić information content (AvgIpc) is 2.39. The normalized spacial score (nSPS) is 12.5. The van der Waals surface area contributed by atoms with Gasteiger partial charge < -0.3 is 5.32 Å². The number of nitrogens with one attached hydrogen (secondary N) is 1. The molecule has 0 aliphatic heterocycles. The summed E-state index contributed by atoms with van der Waals surface area (Å²) in [5, 5.41) is 4.20. The average molecular weight is 386 g/mol. The molecule has 0 heterocycles. The van der Waals surface area contributed by atoms with E-state index in [-0.39, 0.29) is 6.04 Å². The van der Waals surface area contributed by atoms with Crippen molar-refractivity contribution in [3.05, 3.63) is 67.2 Å². The lowest BCUT2D eigenvalue weighted by Gasteiger charge is -2.21. The van der Waals surface area contributed by atoms with Gasteiger partial charge in [0.15, 0.2) is 0 Å². The van der Waals surface area contributed by atoms with Crippen LogP contribution >= 0.6 is 34.2 Å². The molecule has 19 heavy (non-hydrogen) atoms. The molecule has 0 saturated heterocycles. The zero-order chi connectivity index (χ0) is 14.0. The molecule has 1 atom stereocenters. The van der Waals surface area contributed by atoms with Gasteiger partial charge in [-0.15, -0.1) is 0 Å². The first-order chi connectivity index (χ1) is 9.04. The van der Waals surface area contributed by atoms with Gasteiger partial charge in [-0.1, -0.05) is 35.9 Å². The van der Waals surface area contributed by atoms with Crippen molar-refractivity contribution in [3.63, 3.8) is 0 Å². The molecule has 0 spiro atoms. The monoisotopic (exact) mass is 385 g/mol. The number of rotatable bonds is 3. The summed E-state index contributed by atoms with van der Waals surface area (Å²) < 4.78 is 1.08. The number of hydrogen-bond acceptors (Lipinski definition) is 1. The molecule has 0 bridgehead atoms. The van der Waals surface area contributed by atoms with Gasteiger partial charge in [-0.25, -0.2) is 0 Å². The third-order valence-corrected chi connectivity index (χ3v) is 5.10. The van der Waals surface area contributed by atoms with Crippen molar-refractivity contribution < 1.29 is 0 Å². The Labute approximate surface area is 133 Å². The van der Waals surface area contributed by atoms with Gasteiger partial charge in [-0.2, -0.15) is 0 Å². The fourth-order valence-corrected chi connectivity index (χ4v) is 2.80. The molecule has 0 aromatic heterocycles. The Morgan fingerprint density at radius 3 is 2.53 bits per heavy atom. The van der Waals surface area contributed by atoms with Crippen LogP contribution in [0.5, 0.6) is 0 Å². The van der Waals surface area contributed by atoms with E-state index in [0.29, 0.717) is 0 Å². The predicted octanol–water partition coefficient (Wildman–Crippen LogP) is 4.87. The molecule has 0 amide bonds. The number of hydrogen-bond donors (Lipinski definition) is 1. The van der Waals surface area contributed by atoms with Gasteiger partial charge in [0.2, 0.25) is 0 Å². The molecule has 0 fully saturated rings. The minimum absolute atomic E-state index is 0.175. The van der Waals surface area contributed by atoms with E-state index >= 15 is 0 Å². The van der Waals surface area contributed by atoms with Crippen molar-refractivity contribution >= 4 is 34.2 Å². The maximum atomic E-state index is 6.24. The van der Waals surface area contributed by atoms with Gasteiger partial charge >= 0.3 is 0 Å². The molecule has 2 aromatic carbocycles. The Balaban J connectivity index is 2.50. The predicted molar refractivity (Wildman–Crippen MR) is 91.0 cm³/mol. The SMILES string of the molecule is CNC(c1ccc(I)c(Cl)c1)c1cccc(C)c1C. The van der Waals surface area contributed by atoms with Gasteiger partial charge in [0, 0.05) is 3.57 Å². The molecular weight excluding hydrogens is 369 g/mol. The number of halogens is 2. The molecule has 0 saturated carbocycles. The van der Waals surface area contributed by atoms with Crippen molar-refractivity contribution in [3.8, 4) is 0 Å². The Bertz CT molecular complexity index is 595. The van der Waals surface area contributed by atoms with E-state index in [1.807, 2.05) is 13.1 Å². The summed E-state index contributed by atoms with van der Waals surface area (Å²) in [6.45, 7) is 4.32. The molecule has 0 aliphatic carbocycles. The van der Waals surface area contributed by atoms with Gasteiger partial charge in [0.25, 0.3) is 0 Å². The lowest BCUT2D eigenvalue weighted by molar-refractivity contribution is 0.686. The quantitative estimate of drug-likeness (QED) is 0.743. The summed E-state index contributed by atoms with van der Waals surface area (Å²) in [6.07, 6.45) is 0. The molecule has 0 radical (unpaired) electrons. The van der Waals surface area contributed by atoms with Crippen LogP contribution in [0, 0.1) is 17.4 Å². The van der Waals surface area contributed by atoms with E-state index in [0.717, 1.165) is 8.59 Å². The van der Waals surface area contributed by atoms with Crippen molar-refractivity contribution in [2.24, 2.45) is 0 Å². The van der Waals surface area contributed by atoms with Crippen LogP contribution in [0.15, 0.2) is 36.4 Å². The topological polar surface area (TPSA) is 12.0 Å². The van der Waals surface area contributed by atoms with E-state index in [2.05, 4.69) is 72.1 Å². The summed E-state index contributed by atoms with van der Waals surface area (Å²) >= 11 is 8.49. The van der Waals surface area contributed by atoms with E-state index in [9.17, 15) is 0 Å². The molecule has 0 aliphatic rings. The minimum atomic E-state index is 0.175. The zero-order valence-electron chi connectivity index (χ0n) is 11.3. The standard InChI is InChI=1S/C16H17ClIN/c1-10-5-4-6-13(11(10)2)16(19-3)12-7-8-15(18)14(17)9-12/h4-9,16,19H,1-3H3. The lowest BCUT2D eigenvalue weighted by Crippen LogP contribution is -2.19. The first-order valence-electron chi connectivity index (χ1n) is 6.23. The van der Waals surface area contributed by atoms with Crippen LogP contribution in [0.1, 0.15) is 28.3 Å². The van der Waals surface area contributed by atoms with Gasteiger partial charge in [0.1, 0.15) is 0 Å². The summed E-state index contributed by atoms with van der Waals surface area (Å²) in [4.78, 5) is 0. The van der Waals surface area contributed by atoms with E-state index in [1.54, 1.807) is 0 Å². The zero-order valence-corrected chi connectivity index (χ0v) is 14.2. The smallest absolute Gasteiger partial charge is 0.0577 e. The van der Waals surface area contributed by atoms with Crippen LogP contribution < -0.4 is 5.32 Å². The van der Waals surface area contributed by atoms with Crippen LogP contribution in [0.25, 0.3) is 0 Å². The molecular formula is C16H17ClIN. The number of benzene rings is 2. The van der Waals surface area contributed by atoms with Crippen LogP contribution in [-0.2, 0) is 0 Å². The summed E-state index contributed by atoms with van der Waals surface area (Å²) in [5.41, 5.74) is 5.15. The Hall–Kier alpha value is -0.580. The second-order valence-electron chi connectivity index (χ2n) is 4.68. The summed E-state index contributed by atoms with van der Waals surface area (Å²) in [6, 6.07) is 12.9. The van der Waals surface area contributed by atoms with E-state index < -0.39 is 0 Å². The van der Waals surface area contributed by atoms with E-state index in [1.165, 1.54) is 22.3 Å². The highest BCUT2D eigenvalue weighted by Gasteiger charge is 2.15. The van der Waals surface area contributed by atoms with Gasteiger partial charge in [0.05, 0.1) is 11.1 Å². The van der Waals surface area contributed by atoms with Crippen LogP contribution in [0.3, 0.4) is 0 Å². The second kappa shape index (κ2) is 6.25. The third kappa shape index (κ3) is 3.12. The fraction of sp³-hybridized carbons (Fsp3) is 0.250. The summed E-state index contributed by atoms with van der Waals surface area (Å²) in [7, 11) is 1.98. The first kappa shape index (κ1) is 14.8. The largest absolute Gasteiger partial charge is 0.309 e. The molecule has 2 rings (SSSR count). The van der Waals surface area contributed by atoms with E-state index in [4.69, 9.17) is 11.6 Å². The van der Waals surface area contributed by atoms with Gasteiger partial charge in [-0.05, 0) is 77.9 Å². The van der Waals surface area contributed by atoms with Crippen molar-refractivity contribution in [1.29, 1.82) is 0 Å². The highest BCUT2D eigenvalue weighted by Crippen LogP contribution is 2.29. The van der Waals surface area contributed by atoms with Crippen LogP contribution in [0.2, 0.25) is 5.02 Å². The molecule has 3 heteroatoms. The Kier molecular flexibility index (Phi) is 4.87. The minimum Gasteiger partial charge on any atom is -0.309 e. The molecule has 1 unspecified atom stereocenters. The maximum absolute atomic E-state index is 6.24. The molecule has 2 aromatic rings. The van der Waals surface area contributed by atoms with Crippen molar-refractivity contribution in [1.82, 2.24) is 5.32 Å². The fourth-order valence-electron chi connectivity index (χ4n) is 2.28. The number of aryl methyl sites for hydroxylation is 1. The second-order valence-corrected chi connectivity index (χ2v) is 6.25.